The van der Waals surface area contributed by atoms with E-state index in [-0.39, 0.29) is 30.0 Å². The Morgan fingerprint density at radius 2 is 1.51 bits per heavy atom. The lowest BCUT2D eigenvalue weighted by molar-refractivity contribution is -0.143. The topological polar surface area (TPSA) is 57.0 Å². The van der Waals surface area contributed by atoms with E-state index in [4.69, 9.17) is 4.42 Å². The van der Waals surface area contributed by atoms with Crippen molar-refractivity contribution in [3.63, 3.8) is 0 Å². The van der Waals surface area contributed by atoms with Crippen LogP contribution < -0.4 is 0 Å². The van der Waals surface area contributed by atoms with Gasteiger partial charge in [0, 0.05) is 49.2 Å². The molecule has 3 fully saturated rings. The molecule has 6 nitrogen and oxygen atoms in total. The average molecular weight is 634 g/mol. The zero-order valence-electron chi connectivity index (χ0n) is 24.4. The minimum Gasteiger partial charge on any atom is -0.459 e. The molecule has 2 aromatic carbocycles. The van der Waals surface area contributed by atoms with Crippen LogP contribution in [0.1, 0.15) is 63.3 Å². The normalized spacial score (nSPS) is 24.5. The molecule has 3 aliphatic heterocycles. The molecule has 3 unspecified atom stereocenters. The van der Waals surface area contributed by atoms with Crippen molar-refractivity contribution in [2.75, 3.05) is 32.7 Å². The standard InChI is InChI=1S/C33H33F6N3O3/c34-32(35,36)24-16-23(17-25(18-24)33(37,38)39)29(43)42-11-8-26(19-27(42)15-22-5-2-1-3-6-22)40-12-9-31(20-40)10-13-41(21-31)30(44)28-7-4-14-45-28/h1-7,14,16-18,26-27H,8-13,15,19-21H2. The summed E-state index contributed by atoms with van der Waals surface area (Å²) in [4.78, 5) is 32.2. The van der Waals surface area contributed by atoms with Gasteiger partial charge in [-0.3, -0.25) is 14.5 Å². The maximum absolute atomic E-state index is 13.7. The Labute approximate surface area is 256 Å². The summed E-state index contributed by atoms with van der Waals surface area (Å²) < 4.78 is 86.7. The second kappa shape index (κ2) is 11.9. The lowest BCUT2D eigenvalue weighted by Crippen LogP contribution is -2.52. The second-order valence-electron chi connectivity index (χ2n) is 12.5. The van der Waals surface area contributed by atoms with E-state index in [0.29, 0.717) is 50.2 Å². The Hall–Kier alpha value is -3.80. The number of halogens is 6. The number of amides is 2. The van der Waals surface area contributed by atoms with Gasteiger partial charge in [-0.05, 0) is 74.5 Å². The van der Waals surface area contributed by atoms with Crippen LogP contribution in [0, 0.1) is 5.41 Å². The predicted molar refractivity (Wildman–Crippen MR) is 152 cm³/mol. The Morgan fingerprint density at radius 1 is 0.822 bits per heavy atom. The lowest BCUT2D eigenvalue weighted by atomic mass is 9.86. The van der Waals surface area contributed by atoms with Crippen molar-refractivity contribution in [2.45, 2.75) is 56.5 Å². The fourth-order valence-electron chi connectivity index (χ4n) is 7.23. The molecule has 0 aliphatic carbocycles. The van der Waals surface area contributed by atoms with Gasteiger partial charge in [0.05, 0.1) is 17.4 Å². The number of hydrogen-bond donors (Lipinski definition) is 0. The molecule has 12 heteroatoms. The van der Waals surface area contributed by atoms with E-state index in [1.807, 2.05) is 35.2 Å². The molecule has 6 rings (SSSR count). The van der Waals surface area contributed by atoms with E-state index in [1.54, 1.807) is 12.1 Å². The van der Waals surface area contributed by atoms with E-state index < -0.39 is 41.0 Å². The van der Waals surface area contributed by atoms with Gasteiger partial charge in [0.1, 0.15) is 0 Å². The van der Waals surface area contributed by atoms with Crippen LogP contribution in [-0.4, -0.2) is 71.3 Å². The highest BCUT2D eigenvalue weighted by Crippen LogP contribution is 2.43. The third kappa shape index (κ3) is 6.61. The second-order valence-corrected chi connectivity index (χ2v) is 12.5. The van der Waals surface area contributed by atoms with Gasteiger partial charge in [0.15, 0.2) is 5.76 Å². The van der Waals surface area contributed by atoms with Crippen LogP contribution in [-0.2, 0) is 18.8 Å². The number of piperidine rings is 1. The highest BCUT2D eigenvalue weighted by molar-refractivity contribution is 5.95. The van der Waals surface area contributed by atoms with Crippen molar-refractivity contribution in [1.29, 1.82) is 0 Å². The van der Waals surface area contributed by atoms with Crippen LogP contribution in [0.15, 0.2) is 71.3 Å². The Bertz CT molecular complexity index is 1490. The van der Waals surface area contributed by atoms with Gasteiger partial charge in [-0.2, -0.15) is 26.3 Å². The van der Waals surface area contributed by atoms with Gasteiger partial charge in [-0.25, -0.2) is 0 Å². The average Bonchev–Trinajstić information content (AvgIpc) is 3.78. The first kappa shape index (κ1) is 31.2. The number of nitrogens with zero attached hydrogens (tertiary/aromatic N) is 3. The number of alkyl halides is 6. The highest BCUT2D eigenvalue weighted by atomic mass is 19.4. The molecule has 3 atom stereocenters. The van der Waals surface area contributed by atoms with E-state index in [0.717, 1.165) is 31.5 Å². The molecule has 3 saturated heterocycles. The zero-order chi connectivity index (χ0) is 32.0. The molecule has 0 saturated carbocycles. The van der Waals surface area contributed by atoms with Crippen LogP contribution in [0.3, 0.4) is 0 Å². The van der Waals surface area contributed by atoms with Crippen LogP contribution in [0.2, 0.25) is 0 Å². The van der Waals surface area contributed by atoms with Crippen molar-refractivity contribution < 1.29 is 40.3 Å². The van der Waals surface area contributed by atoms with Crippen molar-refractivity contribution in [3.8, 4) is 0 Å². The number of rotatable bonds is 5. The molecule has 1 aromatic heterocycles. The molecule has 2 amide bonds. The van der Waals surface area contributed by atoms with Gasteiger partial charge in [0.25, 0.3) is 11.8 Å². The summed E-state index contributed by atoms with van der Waals surface area (Å²) in [5, 5.41) is 0. The van der Waals surface area contributed by atoms with E-state index in [1.165, 1.54) is 11.2 Å². The molecule has 1 spiro atoms. The first-order valence-corrected chi connectivity index (χ1v) is 15.0. The largest absolute Gasteiger partial charge is 0.459 e. The number of hydrogen-bond acceptors (Lipinski definition) is 4. The first-order chi connectivity index (χ1) is 21.3. The molecule has 3 aromatic rings. The van der Waals surface area contributed by atoms with Crippen molar-refractivity contribution >= 4 is 11.8 Å². The van der Waals surface area contributed by atoms with Crippen LogP contribution in [0.25, 0.3) is 0 Å². The fraction of sp³-hybridized carbons (Fsp3) is 0.455. The highest BCUT2D eigenvalue weighted by Gasteiger charge is 2.48. The number of likely N-dealkylation sites (tertiary alicyclic amines) is 3. The quantitative estimate of drug-likeness (QED) is 0.291. The summed E-state index contributed by atoms with van der Waals surface area (Å²) in [6, 6.07) is 13.4. The number of benzene rings is 2. The molecular weight excluding hydrogens is 600 g/mol. The van der Waals surface area contributed by atoms with Gasteiger partial charge < -0.3 is 14.2 Å². The molecule has 240 valence electrons. The molecule has 0 radical (unpaired) electrons. The third-order valence-corrected chi connectivity index (χ3v) is 9.54. The maximum atomic E-state index is 13.7. The summed E-state index contributed by atoms with van der Waals surface area (Å²) in [5.74, 6) is -0.661. The summed E-state index contributed by atoms with van der Waals surface area (Å²) in [6.07, 6.45) is -5.38. The summed E-state index contributed by atoms with van der Waals surface area (Å²) in [7, 11) is 0. The molecule has 0 N–H and O–H groups in total. The zero-order valence-corrected chi connectivity index (χ0v) is 24.4. The molecule has 3 aliphatic rings. The van der Waals surface area contributed by atoms with Gasteiger partial charge in [-0.1, -0.05) is 30.3 Å². The van der Waals surface area contributed by atoms with E-state index in [9.17, 15) is 35.9 Å². The summed E-state index contributed by atoms with van der Waals surface area (Å²) in [6.45, 7) is 3.03. The fourth-order valence-corrected chi connectivity index (χ4v) is 7.23. The molecule has 45 heavy (non-hydrogen) atoms. The van der Waals surface area contributed by atoms with E-state index >= 15 is 0 Å². The predicted octanol–water partition coefficient (Wildman–Crippen LogP) is 6.77. The minimum absolute atomic E-state index is 0.0417. The molecule has 0 bridgehead atoms. The van der Waals surface area contributed by atoms with Gasteiger partial charge in [0.2, 0.25) is 0 Å². The van der Waals surface area contributed by atoms with Gasteiger partial charge >= 0.3 is 12.4 Å². The summed E-state index contributed by atoms with van der Waals surface area (Å²) >= 11 is 0. The number of furan rings is 1. The van der Waals surface area contributed by atoms with E-state index in [2.05, 4.69) is 4.90 Å². The maximum Gasteiger partial charge on any atom is 0.416 e. The third-order valence-electron chi connectivity index (χ3n) is 9.54. The Balaban J connectivity index is 1.21. The smallest absolute Gasteiger partial charge is 0.416 e. The van der Waals surface area contributed by atoms with Crippen LogP contribution in [0.5, 0.6) is 0 Å². The SMILES string of the molecule is O=C(c1ccco1)N1CCC2(CCN(C3CCN(C(=O)c4cc(C(F)(F)F)cc(C(F)(F)F)c4)C(Cc4ccccc4)C3)C2)C1. The van der Waals surface area contributed by atoms with Crippen molar-refractivity contribution in [1.82, 2.24) is 14.7 Å². The molecule has 4 heterocycles. The lowest BCUT2D eigenvalue weighted by Gasteiger charge is -2.43. The first-order valence-electron chi connectivity index (χ1n) is 15.0. The van der Waals surface area contributed by atoms with Crippen molar-refractivity contribution in [2.24, 2.45) is 5.41 Å². The monoisotopic (exact) mass is 633 g/mol. The van der Waals surface area contributed by atoms with Crippen LogP contribution in [0.4, 0.5) is 26.3 Å². The molecular formula is C33H33F6N3O3. The van der Waals surface area contributed by atoms with Crippen molar-refractivity contribution in [3.05, 3.63) is 94.9 Å². The van der Waals surface area contributed by atoms with Crippen LogP contribution >= 0.6 is 0 Å². The number of carbonyl (C=O) groups is 2. The number of carbonyl (C=O) groups excluding carboxylic acids is 2. The van der Waals surface area contributed by atoms with Gasteiger partial charge in [-0.15, -0.1) is 0 Å². The summed E-state index contributed by atoms with van der Waals surface area (Å²) in [5.41, 5.74) is -2.78. The Morgan fingerprint density at radius 3 is 2.16 bits per heavy atom. The Kier molecular flexibility index (Phi) is 8.21. The minimum atomic E-state index is -5.04.